The molecule has 2 rings (SSSR count). The van der Waals surface area contributed by atoms with Gasteiger partial charge in [-0.15, -0.1) is 11.3 Å². The molecule has 0 aliphatic heterocycles. The highest BCUT2D eigenvalue weighted by Crippen LogP contribution is 2.19. The summed E-state index contributed by atoms with van der Waals surface area (Å²) in [6, 6.07) is 5.67. The summed E-state index contributed by atoms with van der Waals surface area (Å²) in [5.41, 5.74) is 2.84. The minimum Gasteiger partial charge on any atom is -0.385 e. The van der Waals surface area contributed by atoms with Gasteiger partial charge in [-0.05, 0) is 44.0 Å². The number of amides is 1. The fourth-order valence-corrected chi connectivity index (χ4v) is 2.70. The van der Waals surface area contributed by atoms with Crippen LogP contribution in [0.4, 0.5) is 5.69 Å². The van der Waals surface area contributed by atoms with Crippen LogP contribution in [0.25, 0.3) is 0 Å². The second-order valence-electron chi connectivity index (χ2n) is 5.02. The average Bonchev–Trinajstić information content (AvgIpc) is 3.00. The number of hydrogen-bond donors (Lipinski definition) is 2. The second-order valence-corrected chi connectivity index (χ2v) is 5.95. The van der Waals surface area contributed by atoms with E-state index >= 15 is 0 Å². The number of thiazole rings is 1. The lowest BCUT2D eigenvalue weighted by Crippen LogP contribution is -2.26. The molecule has 0 saturated heterocycles. The lowest BCUT2D eigenvalue weighted by atomic mass is 10.1. The van der Waals surface area contributed by atoms with Gasteiger partial charge in [-0.25, -0.2) is 4.98 Å². The van der Waals surface area contributed by atoms with Crippen LogP contribution in [0.2, 0.25) is 0 Å². The van der Waals surface area contributed by atoms with Gasteiger partial charge in [-0.3, -0.25) is 4.79 Å². The quantitative estimate of drug-likeness (QED) is 0.854. The summed E-state index contributed by atoms with van der Waals surface area (Å²) < 4.78 is 0. The van der Waals surface area contributed by atoms with Crippen LogP contribution in [0.15, 0.2) is 29.8 Å². The summed E-state index contributed by atoms with van der Waals surface area (Å²) in [7, 11) is 0. The van der Waals surface area contributed by atoms with Gasteiger partial charge in [0.05, 0.1) is 6.04 Å². The Morgan fingerprint density at radius 2 is 2.24 bits per heavy atom. The van der Waals surface area contributed by atoms with E-state index in [9.17, 15) is 4.79 Å². The first-order valence-corrected chi connectivity index (χ1v) is 8.04. The molecule has 0 bridgehead atoms. The molecule has 5 heteroatoms. The zero-order valence-corrected chi connectivity index (χ0v) is 13.5. The highest BCUT2D eigenvalue weighted by Gasteiger charge is 2.13. The van der Waals surface area contributed by atoms with E-state index in [-0.39, 0.29) is 11.9 Å². The molecule has 1 amide bonds. The third-order valence-electron chi connectivity index (χ3n) is 3.22. The molecule has 1 heterocycles. The fraction of sp³-hybridized carbons (Fsp3) is 0.375. The minimum absolute atomic E-state index is 0.0668. The molecule has 0 aliphatic rings. The maximum atomic E-state index is 12.3. The molecule has 0 radical (unpaired) electrons. The maximum absolute atomic E-state index is 12.3. The Kier molecular flexibility index (Phi) is 5.33. The van der Waals surface area contributed by atoms with Gasteiger partial charge in [0.2, 0.25) is 0 Å². The zero-order chi connectivity index (χ0) is 15.2. The Bertz CT molecular complexity index is 596. The van der Waals surface area contributed by atoms with E-state index in [4.69, 9.17) is 0 Å². The molecule has 4 nitrogen and oxygen atoms in total. The number of benzene rings is 1. The van der Waals surface area contributed by atoms with E-state index in [0.29, 0.717) is 5.56 Å². The molecule has 0 saturated carbocycles. The van der Waals surface area contributed by atoms with Gasteiger partial charge in [0, 0.05) is 29.4 Å². The van der Waals surface area contributed by atoms with Gasteiger partial charge in [0.25, 0.3) is 5.91 Å². The fourth-order valence-electron chi connectivity index (χ4n) is 2.05. The second kappa shape index (κ2) is 7.22. The minimum atomic E-state index is -0.0734. The molecule has 1 aromatic carbocycles. The Morgan fingerprint density at radius 1 is 1.43 bits per heavy atom. The van der Waals surface area contributed by atoms with Crippen molar-refractivity contribution in [3.8, 4) is 0 Å². The summed E-state index contributed by atoms with van der Waals surface area (Å²) in [6.45, 7) is 7.03. The molecule has 2 N–H and O–H groups in total. The van der Waals surface area contributed by atoms with Crippen molar-refractivity contribution in [3.63, 3.8) is 0 Å². The molecule has 0 fully saturated rings. The van der Waals surface area contributed by atoms with Crippen molar-refractivity contribution < 1.29 is 4.79 Å². The van der Waals surface area contributed by atoms with Crippen molar-refractivity contribution in [2.24, 2.45) is 0 Å². The van der Waals surface area contributed by atoms with Gasteiger partial charge in [-0.2, -0.15) is 0 Å². The molecule has 112 valence electrons. The molecule has 1 unspecified atom stereocenters. The highest BCUT2D eigenvalue weighted by atomic mass is 32.1. The van der Waals surface area contributed by atoms with Crippen LogP contribution < -0.4 is 10.6 Å². The van der Waals surface area contributed by atoms with Crippen molar-refractivity contribution in [3.05, 3.63) is 45.9 Å². The largest absolute Gasteiger partial charge is 0.385 e. The predicted molar refractivity (Wildman–Crippen MR) is 88.0 cm³/mol. The number of nitrogens with one attached hydrogen (secondary N) is 2. The van der Waals surface area contributed by atoms with Crippen molar-refractivity contribution in [2.75, 3.05) is 11.9 Å². The van der Waals surface area contributed by atoms with Gasteiger partial charge in [0.15, 0.2) is 0 Å². The van der Waals surface area contributed by atoms with Crippen molar-refractivity contribution in [1.82, 2.24) is 10.3 Å². The smallest absolute Gasteiger partial charge is 0.251 e. The predicted octanol–water partition coefficient (Wildman–Crippen LogP) is 3.76. The van der Waals surface area contributed by atoms with Crippen molar-refractivity contribution >= 4 is 22.9 Å². The SMILES string of the molecule is CCCNc1ccc(C(=O)NC(C)c2nccs2)cc1C. The first-order chi connectivity index (χ1) is 10.1. The molecular weight excluding hydrogens is 282 g/mol. The molecule has 2 aromatic rings. The van der Waals surface area contributed by atoms with Crippen LogP contribution in [0, 0.1) is 6.92 Å². The van der Waals surface area contributed by atoms with Gasteiger partial charge in [-0.1, -0.05) is 6.92 Å². The number of carbonyl (C=O) groups excluding carboxylic acids is 1. The topological polar surface area (TPSA) is 54.0 Å². The van der Waals surface area contributed by atoms with Crippen LogP contribution in [0.3, 0.4) is 0 Å². The normalized spacial score (nSPS) is 12.0. The number of carbonyl (C=O) groups is 1. The number of aryl methyl sites for hydroxylation is 1. The lowest BCUT2D eigenvalue weighted by molar-refractivity contribution is 0.0940. The Hall–Kier alpha value is -1.88. The number of anilines is 1. The molecule has 1 aromatic heterocycles. The molecule has 1 atom stereocenters. The van der Waals surface area contributed by atoms with E-state index < -0.39 is 0 Å². The monoisotopic (exact) mass is 303 g/mol. The average molecular weight is 303 g/mol. The Labute approximate surface area is 129 Å². The molecule has 0 aliphatic carbocycles. The van der Waals surface area contributed by atoms with Crippen LogP contribution in [0.5, 0.6) is 0 Å². The number of nitrogens with zero attached hydrogens (tertiary/aromatic N) is 1. The van der Waals surface area contributed by atoms with Gasteiger partial charge >= 0.3 is 0 Å². The van der Waals surface area contributed by atoms with Gasteiger partial charge < -0.3 is 10.6 Å². The van der Waals surface area contributed by atoms with Crippen LogP contribution in [-0.4, -0.2) is 17.4 Å². The van der Waals surface area contributed by atoms with Crippen LogP contribution in [-0.2, 0) is 0 Å². The van der Waals surface area contributed by atoms with Gasteiger partial charge in [0.1, 0.15) is 5.01 Å². The van der Waals surface area contributed by atoms with Crippen LogP contribution in [0.1, 0.15) is 47.2 Å². The van der Waals surface area contributed by atoms with E-state index in [1.54, 1.807) is 17.5 Å². The van der Waals surface area contributed by atoms with E-state index in [2.05, 4.69) is 22.5 Å². The van der Waals surface area contributed by atoms with E-state index in [1.807, 2.05) is 37.4 Å². The Balaban J connectivity index is 2.04. The molecule has 21 heavy (non-hydrogen) atoms. The summed E-state index contributed by atoms with van der Waals surface area (Å²) in [4.78, 5) is 16.5. The number of rotatable bonds is 6. The third-order valence-corrected chi connectivity index (χ3v) is 4.18. The molecule has 0 spiro atoms. The van der Waals surface area contributed by atoms with Crippen LogP contribution >= 0.6 is 11.3 Å². The number of hydrogen-bond acceptors (Lipinski definition) is 4. The summed E-state index contributed by atoms with van der Waals surface area (Å²) in [5, 5.41) is 9.16. The third kappa shape index (κ3) is 4.04. The first kappa shape index (κ1) is 15.5. The van der Waals surface area contributed by atoms with Crippen molar-refractivity contribution in [2.45, 2.75) is 33.2 Å². The lowest BCUT2D eigenvalue weighted by Gasteiger charge is -2.13. The first-order valence-electron chi connectivity index (χ1n) is 7.16. The summed E-state index contributed by atoms with van der Waals surface area (Å²) in [5.74, 6) is -0.0668. The zero-order valence-electron chi connectivity index (χ0n) is 12.6. The van der Waals surface area contributed by atoms with E-state index in [0.717, 1.165) is 29.2 Å². The van der Waals surface area contributed by atoms with E-state index in [1.165, 1.54) is 0 Å². The summed E-state index contributed by atoms with van der Waals surface area (Å²) >= 11 is 1.55. The summed E-state index contributed by atoms with van der Waals surface area (Å²) in [6.07, 6.45) is 2.83. The Morgan fingerprint density at radius 3 is 2.86 bits per heavy atom. The number of aromatic nitrogens is 1. The highest BCUT2D eigenvalue weighted by molar-refractivity contribution is 7.09. The standard InChI is InChI=1S/C16H21N3OS/c1-4-7-17-14-6-5-13(10-11(14)2)15(20)19-12(3)16-18-8-9-21-16/h5-6,8-10,12,17H,4,7H2,1-3H3,(H,19,20). The molecular formula is C16H21N3OS. The van der Waals surface area contributed by atoms with Crippen molar-refractivity contribution in [1.29, 1.82) is 0 Å². The maximum Gasteiger partial charge on any atom is 0.251 e.